The van der Waals surface area contributed by atoms with Gasteiger partial charge in [-0.25, -0.2) is 0 Å². The Morgan fingerprint density at radius 1 is 1.26 bits per heavy atom. The zero-order chi connectivity index (χ0) is 15.6. The molecule has 0 spiro atoms. The maximum atomic E-state index is 11.9. The molecule has 1 fully saturated rings. The van der Waals surface area contributed by atoms with Crippen LogP contribution in [0.5, 0.6) is 5.75 Å². The van der Waals surface area contributed by atoms with E-state index in [0.29, 0.717) is 25.5 Å². The normalized spacial score (nSPS) is 14.8. The number of aliphatic hydroxyl groups is 1. The molecule has 5 nitrogen and oxygen atoms in total. The highest BCUT2D eigenvalue weighted by Gasteiger charge is 2.14. The second-order valence-electron chi connectivity index (χ2n) is 5.72. The lowest BCUT2D eigenvalue weighted by atomic mass is 9.93. The summed E-state index contributed by atoms with van der Waals surface area (Å²) in [5.41, 5.74) is 1.05. The van der Waals surface area contributed by atoms with Crippen LogP contribution in [0.15, 0.2) is 24.3 Å². The maximum Gasteiger partial charge on any atom is 0.220 e. The van der Waals surface area contributed by atoms with Crippen molar-refractivity contribution in [1.29, 1.82) is 0 Å². The summed E-state index contributed by atoms with van der Waals surface area (Å²) in [6.07, 6.45) is 3.97. The second kappa shape index (κ2) is 11.3. The molecule has 2 rings (SSSR count). The number of carbonyl (C=O) groups is 1. The molecule has 1 amide bonds. The van der Waals surface area contributed by atoms with E-state index in [0.717, 1.165) is 30.8 Å². The highest BCUT2D eigenvalue weighted by Crippen LogP contribution is 2.17. The fourth-order valence-electron chi connectivity index (χ4n) is 2.66. The van der Waals surface area contributed by atoms with Crippen LogP contribution in [-0.4, -0.2) is 37.3 Å². The van der Waals surface area contributed by atoms with E-state index in [2.05, 4.69) is 10.6 Å². The number of hydrogen-bond donors (Lipinski definition) is 3. The van der Waals surface area contributed by atoms with E-state index in [1.807, 2.05) is 24.3 Å². The summed E-state index contributed by atoms with van der Waals surface area (Å²) in [5, 5.41) is 15.0. The minimum atomic E-state index is 0. The predicted molar refractivity (Wildman–Crippen MR) is 92.9 cm³/mol. The summed E-state index contributed by atoms with van der Waals surface area (Å²) in [6.45, 7) is 3.01. The molecule has 1 heterocycles. The first-order chi connectivity index (χ1) is 10.8. The summed E-state index contributed by atoms with van der Waals surface area (Å²) >= 11 is 0. The van der Waals surface area contributed by atoms with Crippen molar-refractivity contribution in [3.05, 3.63) is 29.8 Å². The average molecular weight is 343 g/mol. The molecule has 0 aromatic heterocycles. The molecule has 3 N–H and O–H groups in total. The van der Waals surface area contributed by atoms with Crippen LogP contribution in [0.25, 0.3) is 0 Å². The van der Waals surface area contributed by atoms with Gasteiger partial charge in [-0.1, -0.05) is 12.1 Å². The highest BCUT2D eigenvalue weighted by molar-refractivity contribution is 5.85. The van der Waals surface area contributed by atoms with Crippen molar-refractivity contribution in [3.63, 3.8) is 0 Å². The van der Waals surface area contributed by atoms with Gasteiger partial charge in [0.15, 0.2) is 0 Å². The van der Waals surface area contributed by atoms with Crippen LogP contribution in [0, 0.1) is 5.92 Å². The molecule has 0 aliphatic carbocycles. The minimum Gasteiger partial charge on any atom is -0.491 e. The third kappa shape index (κ3) is 7.68. The smallest absolute Gasteiger partial charge is 0.220 e. The molecule has 1 aromatic rings. The second-order valence-corrected chi connectivity index (χ2v) is 5.72. The maximum absolute atomic E-state index is 11.9. The van der Waals surface area contributed by atoms with Crippen molar-refractivity contribution in [2.75, 3.05) is 26.3 Å². The Hall–Kier alpha value is -1.30. The molecule has 0 saturated carbocycles. The van der Waals surface area contributed by atoms with E-state index in [1.54, 1.807) is 0 Å². The van der Waals surface area contributed by atoms with E-state index in [4.69, 9.17) is 9.84 Å². The molecule has 0 radical (unpaired) electrons. The Labute approximate surface area is 144 Å². The summed E-state index contributed by atoms with van der Waals surface area (Å²) in [4.78, 5) is 11.9. The molecule has 1 aromatic carbocycles. The van der Waals surface area contributed by atoms with Gasteiger partial charge in [0.2, 0.25) is 5.91 Å². The number of amides is 1. The van der Waals surface area contributed by atoms with Gasteiger partial charge in [-0.15, -0.1) is 12.4 Å². The minimum absolute atomic E-state index is 0. The fourth-order valence-corrected chi connectivity index (χ4v) is 2.66. The van der Waals surface area contributed by atoms with Crippen molar-refractivity contribution in [2.24, 2.45) is 5.92 Å². The number of piperidine rings is 1. The monoisotopic (exact) mass is 342 g/mol. The first-order valence-electron chi connectivity index (χ1n) is 8.08. The van der Waals surface area contributed by atoms with Crippen molar-refractivity contribution >= 4 is 18.3 Å². The third-order valence-corrected chi connectivity index (χ3v) is 4.01. The molecule has 0 unspecified atom stereocenters. The van der Waals surface area contributed by atoms with Gasteiger partial charge in [0.25, 0.3) is 0 Å². The number of carbonyl (C=O) groups excluding carboxylic acids is 1. The van der Waals surface area contributed by atoms with E-state index in [-0.39, 0.29) is 24.9 Å². The Bertz CT molecular complexity index is 448. The van der Waals surface area contributed by atoms with Gasteiger partial charge in [0.05, 0.1) is 6.61 Å². The van der Waals surface area contributed by atoms with Crippen LogP contribution in [0.1, 0.15) is 31.2 Å². The van der Waals surface area contributed by atoms with Crippen molar-refractivity contribution in [3.8, 4) is 5.75 Å². The van der Waals surface area contributed by atoms with Crippen LogP contribution < -0.4 is 15.4 Å². The van der Waals surface area contributed by atoms with Gasteiger partial charge in [0.1, 0.15) is 12.4 Å². The van der Waals surface area contributed by atoms with Crippen LogP contribution in [0.2, 0.25) is 0 Å². The Morgan fingerprint density at radius 3 is 2.61 bits per heavy atom. The molecule has 1 aliphatic heterocycles. The molecule has 0 atom stereocenters. The van der Waals surface area contributed by atoms with E-state index < -0.39 is 0 Å². The summed E-state index contributed by atoms with van der Waals surface area (Å²) in [7, 11) is 0. The molecule has 1 saturated heterocycles. The number of ether oxygens (including phenoxy) is 1. The average Bonchev–Trinajstić information content (AvgIpc) is 2.58. The molecule has 130 valence electrons. The Morgan fingerprint density at radius 2 is 1.96 bits per heavy atom. The Balaban J connectivity index is 0.00000264. The number of aliphatic hydroxyl groups excluding tert-OH is 1. The van der Waals surface area contributed by atoms with Gasteiger partial charge < -0.3 is 20.5 Å². The van der Waals surface area contributed by atoms with Crippen LogP contribution >= 0.6 is 12.4 Å². The van der Waals surface area contributed by atoms with Gasteiger partial charge >= 0.3 is 0 Å². The number of rotatable bonds is 8. The SMILES string of the molecule is Cl.O=C(CCC1CCNCC1)NCc1ccc(OCCO)cc1. The van der Waals surface area contributed by atoms with Gasteiger partial charge in [0, 0.05) is 13.0 Å². The number of hydrogen-bond acceptors (Lipinski definition) is 4. The lowest BCUT2D eigenvalue weighted by Crippen LogP contribution is -2.29. The van der Waals surface area contributed by atoms with E-state index in [1.165, 1.54) is 12.8 Å². The lowest BCUT2D eigenvalue weighted by molar-refractivity contribution is -0.121. The number of halogens is 1. The quantitative estimate of drug-likeness (QED) is 0.674. The molecule has 1 aliphatic rings. The number of benzene rings is 1. The lowest BCUT2D eigenvalue weighted by Gasteiger charge is -2.22. The predicted octanol–water partition coefficient (Wildman–Crippen LogP) is 1.88. The van der Waals surface area contributed by atoms with Gasteiger partial charge in [-0.3, -0.25) is 4.79 Å². The standard InChI is InChI=1S/C17H26N2O3.ClH/c20-11-12-22-16-4-1-15(2-5-16)13-19-17(21)6-3-14-7-9-18-10-8-14;/h1-2,4-5,14,18,20H,3,6-13H2,(H,19,21);1H. The van der Waals surface area contributed by atoms with Gasteiger partial charge in [-0.05, 0) is 56.0 Å². The summed E-state index contributed by atoms with van der Waals surface area (Å²) in [6, 6.07) is 7.57. The van der Waals surface area contributed by atoms with Gasteiger partial charge in [-0.2, -0.15) is 0 Å². The summed E-state index contributed by atoms with van der Waals surface area (Å²) in [5.74, 6) is 1.55. The first kappa shape index (κ1) is 19.7. The van der Waals surface area contributed by atoms with Crippen molar-refractivity contribution in [2.45, 2.75) is 32.2 Å². The zero-order valence-corrected chi connectivity index (χ0v) is 14.2. The van der Waals surface area contributed by atoms with E-state index >= 15 is 0 Å². The highest BCUT2D eigenvalue weighted by atomic mass is 35.5. The van der Waals surface area contributed by atoms with Crippen molar-refractivity contribution in [1.82, 2.24) is 10.6 Å². The van der Waals surface area contributed by atoms with Crippen LogP contribution in [0.4, 0.5) is 0 Å². The first-order valence-corrected chi connectivity index (χ1v) is 8.08. The van der Waals surface area contributed by atoms with E-state index in [9.17, 15) is 4.79 Å². The molecule has 6 heteroatoms. The summed E-state index contributed by atoms with van der Waals surface area (Å²) < 4.78 is 5.30. The topological polar surface area (TPSA) is 70.6 Å². The fraction of sp³-hybridized carbons (Fsp3) is 0.588. The molecular weight excluding hydrogens is 316 g/mol. The third-order valence-electron chi connectivity index (χ3n) is 4.01. The molecular formula is C17H27ClN2O3. The number of nitrogens with one attached hydrogen (secondary N) is 2. The largest absolute Gasteiger partial charge is 0.491 e. The zero-order valence-electron chi connectivity index (χ0n) is 13.4. The molecule has 0 bridgehead atoms. The van der Waals surface area contributed by atoms with Crippen LogP contribution in [-0.2, 0) is 11.3 Å². The molecule has 23 heavy (non-hydrogen) atoms. The van der Waals surface area contributed by atoms with Crippen LogP contribution in [0.3, 0.4) is 0 Å². The Kier molecular flexibility index (Phi) is 9.67. The van der Waals surface area contributed by atoms with Crippen molar-refractivity contribution < 1.29 is 14.6 Å².